The van der Waals surface area contributed by atoms with E-state index in [1.165, 1.54) is 0 Å². The summed E-state index contributed by atoms with van der Waals surface area (Å²) in [5.74, 6) is -0.101. The highest BCUT2D eigenvalue weighted by molar-refractivity contribution is 14.1. The molecule has 92 valence electrons. The number of halogens is 1. The number of carbonyl (C=O) groups is 1. The van der Waals surface area contributed by atoms with Gasteiger partial charge in [-0.2, -0.15) is 0 Å². The number of carboxylic acid groups (broad SMARTS) is 1. The van der Waals surface area contributed by atoms with Crippen molar-refractivity contribution in [2.45, 2.75) is 18.8 Å². The number of nitrogens with zero attached hydrogens (tertiary/aromatic N) is 3. The zero-order valence-corrected chi connectivity index (χ0v) is 11.5. The zero-order chi connectivity index (χ0) is 12.7. The fourth-order valence-electron chi connectivity index (χ4n) is 1.82. The highest BCUT2D eigenvalue weighted by Crippen LogP contribution is 2.40. The van der Waals surface area contributed by atoms with Crippen LogP contribution in [0.25, 0.3) is 5.69 Å². The minimum atomic E-state index is -1.08. The maximum absolute atomic E-state index is 11.0. The van der Waals surface area contributed by atoms with Gasteiger partial charge in [0.2, 0.25) is 0 Å². The number of para-hydroxylation sites is 1. The maximum atomic E-state index is 11.0. The Kier molecular flexibility index (Phi) is 2.81. The van der Waals surface area contributed by atoms with Crippen molar-refractivity contribution in [3.8, 4) is 5.69 Å². The van der Waals surface area contributed by atoms with Crippen molar-refractivity contribution in [2.24, 2.45) is 0 Å². The average Bonchev–Trinajstić information content (AvgIpc) is 3.09. The van der Waals surface area contributed by atoms with Crippen molar-refractivity contribution in [2.75, 3.05) is 0 Å². The van der Waals surface area contributed by atoms with Gasteiger partial charge < -0.3 is 5.11 Å². The number of hydrogen-bond donors (Lipinski definition) is 1. The van der Waals surface area contributed by atoms with Gasteiger partial charge in [-0.1, -0.05) is 12.1 Å². The molecule has 0 bridgehead atoms. The van der Waals surface area contributed by atoms with Gasteiger partial charge in [-0.25, -0.2) is 14.5 Å². The molecule has 1 aromatic heterocycles. The van der Waals surface area contributed by atoms with Gasteiger partial charge in [0.05, 0.1) is 5.69 Å². The van der Waals surface area contributed by atoms with Crippen LogP contribution in [0.15, 0.2) is 24.3 Å². The van der Waals surface area contributed by atoms with Gasteiger partial charge in [-0.3, -0.25) is 0 Å². The number of rotatable bonds is 3. The number of carboxylic acids is 1. The van der Waals surface area contributed by atoms with E-state index in [9.17, 15) is 4.79 Å². The van der Waals surface area contributed by atoms with Crippen LogP contribution in [-0.4, -0.2) is 25.8 Å². The summed E-state index contributed by atoms with van der Waals surface area (Å²) >= 11 is 2.21. The van der Waals surface area contributed by atoms with Gasteiger partial charge in [-0.05, 0) is 47.6 Å². The van der Waals surface area contributed by atoms with E-state index in [1.54, 1.807) is 4.68 Å². The van der Waals surface area contributed by atoms with E-state index in [4.69, 9.17) is 5.11 Å². The molecule has 0 unspecified atom stereocenters. The normalized spacial score (nSPS) is 14.7. The third-order valence-electron chi connectivity index (χ3n) is 2.85. The second-order valence-corrected chi connectivity index (χ2v) is 5.40. The molecule has 0 amide bonds. The monoisotopic (exact) mass is 355 g/mol. The first kappa shape index (κ1) is 11.6. The highest BCUT2D eigenvalue weighted by Gasteiger charge is 2.31. The molecule has 1 aliphatic rings. The van der Waals surface area contributed by atoms with Gasteiger partial charge in [0.25, 0.3) is 5.82 Å². The molecule has 1 aliphatic carbocycles. The Morgan fingerprint density at radius 3 is 2.72 bits per heavy atom. The van der Waals surface area contributed by atoms with Gasteiger partial charge in [0, 0.05) is 9.49 Å². The molecule has 5 nitrogen and oxygen atoms in total. The van der Waals surface area contributed by atoms with Crippen LogP contribution >= 0.6 is 22.6 Å². The fourth-order valence-corrected chi connectivity index (χ4v) is 2.44. The molecule has 18 heavy (non-hydrogen) atoms. The SMILES string of the molecule is O=C(O)c1nc(C2CC2)n(-c2ccccc2I)n1. The van der Waals surface area contributed by atoms with E-state index in [0.29, 0.717) is 5.92 Å². The lowest BCUT2D eigenvalue weighted by Gasteiger charge is -2.06. The first-order valence-corrected chi connectivity index (χ1v) is 6.70. The van der Waals surface area contributed by atoms with Crippen LogP contribution in [0.5, 0.6) is 0 Å². The van der Waals surface area contributed by atoms with Crippen LogP contribution in [0.2, 0.25) is 0 Å². The van der Waals surface area contributed by atoms with Crippen molar-refractivity contribution in [3.05, 3.63) is 39.5 Å². The average molecular weight is 355 g/mol. The lowest BCUT2D eigenvalue weighted by Crippen LogP contribution is -2.04. The predicted octanol–water partition coefficient (Wildman–Crippen LogP) is 2.45. The van der Waals surface area contributed by atoms with Crippen LogP contribution < -0.4 is 0 Å². The lowest BCUT2D eigenvalue weighted by atomic mass is 10.3. The Morgan fingerprint density at radius 2 is 2.11 bits per heavy atom. The molecule has 0 spiro atoms. The van der Waals surface area contributed by atoms with Gasteiger partial charge in [-0.15, -0.1) is 5.10 Å². The number of aromatic nitrogens is 3. The van der Waals surface area contributed by atoms with Crippen molar-refractivity contribution >= 4 is 28.6 Å². The molecule has 1 saturated carbocycles. The van der Waals surface area contributed by atoms with Crippen LogP contribution in [0.4, 0.5) is 0 Å². The van der Waals surface area contributed by atoms with E-state index in [2.05, 4.69) is 32.7 Å². The molecule has 0 radical (unpaired) electrons. The Labute approximate surface area is 117 Å². The van der Waals surface area contributed by atoms with Crippen LogP contribution in [0.1, 0.15) is 35.2 Å². The van der Waals surface area contributed by atoms with Crippen molar-refractivity contribution in [1.82, 2.24) is 14.8 Å². The summed E-state index contributed by atoms with van der Waals surface area (Å²) in [6.45, 7) is 0. The van der Waals surface area contributed by atoms with Gasteiger partial charge in [0.15, 0.2) is 0 Å². The third-order valence-corrected chi connectivity index (χ3v) is 3.76. The Hall–Kier alpha value is -1.44. The molecular weight excluding hydrogens is 345 g/mol. The second kappa shape index (κ2) is 4.34. The van der Waals surface area contributed by atoms with Gasteiger partial charge >= 0.3 is 5.97 Å². The number of aromatic carboxylic acids is 1. The van der Waals surface area contributed by atoms with Crippen LogP contribution in [-0.2, 0) is 0 Å². The Balaban J connectivity index is 2.15. The van der Waals surface area contributed by atoms with Gasteiger partial charge in [0.1, 0.15) is 5.82 Å². The Morgan fingerprint density at radius 1 is 1.39 bits per heavy atom. The van der Waals surface area contributed by atoms with Crippen LogP contribution in [0, 0.1) is 3.57 Å². The fraction of sp³-hybridized carbons (Fsp3) is 0.250. The standard InChI is InChI=1S/C12H10IN3O2/c13-8-3-1-2-4-9(8)16-11(7-5-6-7)14-10(15-16)12(17)18/h1-4,7H,5-6H2,(H,17,18). The topological polar surface area (TPSA) is 68.0 Å². The highest BCUT2D eigenvalue weighted by atomic mass is 127. The largest absolute Gasteiger partial charge is 0.475 e. The second-order valence-electron chi connectivity index (χ2n) is 4.24. The molecular formula is C12H10IN3O2. The van der Waals surface area contributed by atoms with Crippen molar-refractivity contribution < 1.29 is 9.90 Å². The van der Waals surface area contributed by atoms with E-state index < -0.39 is 5.97 Å². The molecule has 2 aromatic rings. The maximum Gasteiger partial charge on any atom is 0.375 e. The quantitative estimate of drug-likeness (QED) is 0.859. The van der Waals surface area contributed by atoms with E-state index >= 15 is 0 Å². The molecule has 1 aromatic carbocycles. The number of hydrogen-bond acceptors (Lipinski definition) is 3. The smallest absolute Gasteiger partial charge is 0.375 e. The molecule has 6 heteroatoms. The summed E-state index contributed by atoms with van der Waals surface area (Å²) in [5.41, 5.74) is 0.889. The summed E-state index contributed by atoms with van der Waals surface area (Å²) < 4.78 is 2.70. The summed E-state index contributed by atoms with van der Waals surface area (Å²) in [7, 11) is 0. The van der Waals surface area contributed by atoms with E-state index in [0.717, 1.165) is 27.9 Å². The van der Waals surface area contributed by atoms with Crippen molar-refractivity contribution in [1.29, 1.82) is 0 Å². The third kappa shape index (κ3) is 2.00. The minimum absolute atomic E-state index is 0.128. The lowest BCUT2D eigenvalue weighted by molar-refractivity contribution is 0.0683. The predicted molar refractivity (Wildman–Crippen MR) is 73.0 cm³/mol. The molecule has 1 N–H and O–H groups in total. The molecule has 1 heterocycles. The molecule has 1 fully saturated rings. The first-order valence-electron chi connectivity index (χ1n) is 5.62. The summed E-state index contributed by atoms with van der Waals surface area (Å²) in [4.78, 5) is 15.1. The summed E-state index contributed by atoms with van der Waals surface area (Å²) in [6, 6.07) is 7.75. The minimum Gasteiger partial charge on any atom is -0.475 e. The summed E-state index contributed by atoms with van der Waals surface area (Å²) in [5, 5.41) is 13.1. The Bertz CT molecular complexity index is 620. The molecule has 0 saturated heterocycles. The number of benzene rings is 1. The van der Waals surface area contributed by atoms with E-state index in [1.807, 2.05) is 24.3 Å². The van der Waals surface area contributed by atoms with Crippen LogP contribution in [0.3, 0.4) is 0 Å². The van der Waals surface area contributed by atoms with Crippen molar-refractivity contribution in [3.63, 3.8) is 0 Å². The molecule has 0 aliphatic heterocycles. The zero-order valence-electron chi connectivity index (χ0n) is 9.38. The molecule has 0 atom stereocenters. The summed E-state index contributed by atoms with van der Waals surface area (Å²) in [6.07, 6.45) is 2.11. The van der Waals surface area contributed by atoms with E-state index in [-0.39, 0.29) is 5.82 Å². The molecule has 3 rings (SSSR count). The first-order chi connectivity index (χ1) is 8.66.